The zero-order valence-electron chi connectivity index (χ0n) is 10.8. The third-order valence-electron chi connectivity index (χ3n) is 2.77. The van der Waals surface area contributed by atoms with E-state index in [2.05, 4.69) is 10.4 Å². The average Bonchev–Trinajstić information content (AvgIpc) is 2.92. The molecule has 0 saturated heterocycles. The summed E-state index contributed by atoms with van der Waals surface area (Å²) < 4.78 is 1.82. The van der Waals surface area contributed by atoms with Crippen molar-refractivity contribution in [1.82, 2.24) is 15.1 Å². The van der Waals surface area contributed by atoms with Gasteiger partial charge in [0.05, 0.1) is 13.2 Å². The number of amides is 1. The zero-order valence-corrected chi connectivity index (χ0v) is 10.8. The van der Waals surface area contributed by atoms with Gasteiger partial charge >= 0.3 is 0 Å². The minimum atomic E-state index is -0.240. The first kappa shape index (κ1) is 13.3. The molecule has 0 aliphatic carbocycles. The van der Waals surface area contributed by atoms with E-state index in [0.717, 1.165) is 5.56 Å². The summed E-state index contributed by atoms with van der Waals surface area (Å²) >= 11 is 0. The number of rotatable bonds is 5. The van der Waals surface area contributed by atoms with Gasteiger partial charge in [-0.25, -0.2) is 0 Å². The lowest BCUT2D eigenvalue weighted by molar-refractivity contribution is 0.0922. The van der Waals surface area contributed by atoms with Crippen molar-refractivity contribution >= 4 is 5.91 Å². The molecule has 1 aromatic carbocycles. The molecule has 0 spiro atoms. The van der Waals surface area contributed by atoms with Crippen molar-refractivity contribution in [2.75, 3.05) is 6.61 Å². The van der Waals surface area contributed by atoms with Gasteiger partial charge in [0, 0.05) is 24.0 Å². The van der Waals surface area contributed by atoms with Gasteiger partial charge in [-0.05, 0) is 30.7 Å². The number of carbonyl (C=O) groups excluding carboxylic acids is 1. The topological polar surface area (TPSA) is 67.2 Å². The lowest BCUT2D eigenvalue weighted by Crippen LogP contribution is -2.34. The number of carbonyl (C=O) groups is 1. The van der Waals surface area contributed by atoms with Crippen LogP contribution in [0.2, 0.25) is 0 Å². The fraction of sp³-hybridized carbons (Fsp3) is 0.286. The Morgan fingerprint density at radius 2 is 2.16 bits per heavy atom. The van der Waals surface area contributed by atoms with Crippen LogP contribution in [0.3, 0.4) is 0 Å². The SMILES string of the molecule is CC(CO)NC(=O)c1ccc(Cn2cccn2)cc1. The number of nitrogens with zero attached hydrogens (tertiary/aromatic N) is 2. The van der Waals surface area contributed by atoms with Gasteiger partial charge in [-0.2, -0.15) is 5.10 Å². The molecule has 0 aliphatic heterocycles. The van der Waals surface area contributed by atoms with Crippen LogP contribution in [0.4, 0.5) is 0 Å². The lowest BCUT2D eigenvalue weighted by Gasteiger charge is -2.11. The molecule has 2 rings (SSSR count). The van der Waals surface area contributed by atoms with E-state index in [1.54, 1.807) is 25.3 Å². The molecule has 2 aromatic rings. The maximum Gasteiger partial charge on any atom is 0.251 e. The number of aromatic nitrogens is 2. The second-order valence-electron chi connectivity index (χ2n) is 4.46. The highest BCUT2D eigenvalue weighted by molar-refractivity contribution is 5.94. The van der Waals surface area contributed by atoms with Gasteiger partial charge in [0.25, 0.3) is 5.91 Å². The largest absolute Gasteiger partial charge is 0.394 e. The van der Waals surface area contributed by atoms with Crippen LogP contribution in [0.5, 0.6) is 0 Å². The quantitative estimate of drug-likeness (QED) is 0.843. The summed E-state index contributed by atoms with van der Waals surface area (Å²) in [4.78, 5) is 11.8. The average molecular weight is 259 g/mol. The summed E-state index contributed by atoms with van der Waals surface area (Å²) in [5, 5.41) is 15.7. The zero-order chi connectivity index (χ0) is 13.7. The summed E-state index contributed by atoms with van der Waals surface area (Å²) in [6, 6.07) is 8.99. The predicted molar refractivity (Wildman–Crippen MR) is 71.8 cm³/mol. The molecular weight excluding hydrogens is 242 g/mol. The Balaban J connectivity index is 2.00. The van der Waals surface area contributed by atoms with E-state index >= 15 is 0 Å². The second-order valence-corrected chi connectivity index (χ2v) is 4.46. The van der Waals surface area contributed by atoms with Gasteiger partial charge in [-0.15, -0.1) is 0 Å². The molecule has 100 valence electrons. The molecule has 5 heteroatoms. The monoisotopic (exact) mass is 259 g/mol. The van der Waals surface area contributed by atoms with Crippen LogP contribution in [-0.2, 0) is 6.54 Å². The highest BCUT2D eigenvalue weighted by atomic mass is 16.3. The fourth-order valence-corrected chi connectivity index (χ4v) is 1.70. The van der Waals surface area contributed by atoms with E-state index in [1.165, 1.54) is 0 Å². The van der Waals surface area contributed by atoms with Crippen molar-refractivity contribution in [2.24, 2.45) is 0 Å². The molecule has 1 atom stereocenters. The molecule has 1 aromatic heterocycles. The molecule has 1 amide bonds. The van der Waals surface area contributed by atoms with Crippen LogP contribution in [0, 0.1) is 0 Å². The molecular formula is C14H17N3O2. The lowest BCUT2D eigenvalue weighted by atomic mass is 10.1. The Morgan fingerprint density at radius 1 is 1.42 bits per heavy atom. The van der Waals surface area contributed by atoms with Crippen LogP contribution in [0.15, 0.2) is 42.7 Å². The number of hydrogen-bond acceptors (Lipinski definition) is 3. The van der Waals surface area contributed by atoms with Crippen LogP contribution in [-0.4, -0.2) is 33.4 Å². The Hall–Kier alpha value is -2.14. The van der Waals surface area contributed by atoms with Crippen LogP contribution >= 0.6 is 0 Å². The van der Waals surface area contributed by atoms with Crippen LogP contribution < -0.4 is 5.32 Å². The third kappa shape index (κ3) is 3.66. The number of hydrogen-bond donors (Lipinski definition) is 2. The summed E-state index contributed by atoms with van der Waals surface area (Å²) in [5.41, 5.74) is 1.67. The van der Waals surface area contributed by atoms with Crippen molar-refractivity contribution in [3.8, 4) is 0 Å². The summed E-state index contributed by atoms with van der Waals surface area (Å²) in [5.74, 6) is -0.174. The molecule has 2 N–H and O–H groups in total. The third-order valence-corrected chi connectivity index (χ3v) is 2.77. The van der Waals surface area contributed by atoms with Crippen molar-refractivity contribution in [3.63, 3.8) is 0 Å². The van der Waals surface area contributed by atoms with Crippen LogP contribution in [0.1, 0.15) is 22.8 Å². The van der Waals surface area contributed by atoms with E-state index in [-0.39, 0.29) is 18.6 Å². The molecule has 5 nitrogen and oxygen atoms in total. The smallest absolute Gasteiger partial charge is 0.251 e. The standard InChI is InChI=1S/C14H17N3O2/c1-11(10-18)16-14(19)13-5-3-12(4-6-13)9-17-8-2-7-15-17/h2-8,11,18H,9-10H2,1H3,(H,16,19). The summed E-state index contributed by atoms with van der Waals surface area (Å²) in [6.07, 6.45) is 3.63. The number of aliphatic hydroxyl groups is 1. The van der Waals surface area contributed by atoms with Gasteiger partial charge in [0.15, 0.2) is 0 Å². The molecule has 0 radical (unpaired) electrons. The van der Waals surface area contributed by atoms with E-state index in [1.807, 2.05) is 29.1 Å². The Morgan fingerprint density at radius 3 is 2.74 bits per heavy atom. The van der Waals surface area contributed by atoms with Gasteiger partial charge in [0.1, 0.15) is 0 Å². The predicted octanol–water partition coefficient (Wildman–Crippen LogP) is 1.04. The van der Waals surface area contributed by atoms with Gasteiger partial charge < -0.3 is 10.4 Å². The molecule has 0 bridgehead atoms. The van der Waals surface area contributed by atoms with Crippen molar-refractivity contribution < 1.29 is 9.90 Å². The van der Waals surface area contributed by atoms with Crippen LogP contribution in [0.25, 0.3) is 0 Å². The number of benzene rings is 1. The first-order valence-electron chi connectivity index (χ1n) is 6.17. The second kappa shape index (κ2) is 6.15. The summed E-state index contributed by atoms with van der Waals surface area (Å²) in [6.45, 7) is 2.37. The minimum absolute atomic E-state index is 0.0663. The maximum atomic E-state index is 11.8. The molecule has 0 aliphatic rings. The van der Waals surface area contributed by atoms with Gasteiger partial charge in [0.2, 0.25) is 0 Å². The van der Waals surface area contributed by atoms with Gasteiger partial charge in [-0.1, -0.05) is 12.1 Å². The first-order valence-corrected chi connectivity index (χ1v) is 6.17. The Labute approximate surface area is 111 Å². The van der Waals surface area contributed by atoms with E-state index < -0.39 is 0 Å². The number of nitrogens with one attached hydrogen (secondary N) is 1. The Bertz CT molecular complexity index is 520. The maximum absolute atomic E-state index is 11.8. The minimum Gasteiger partial charge on any atom is -0.394 e. The van der Waals surface area contributed by atoms with Gasteiger partial charge in [-0.3, -0.25) is 9.48 Å². The molecule has 1 unspecified atom stereocenters. The molecule has 0 fully saturated rings. The molecule has 0 saturated carbocycles. The first-order chi connectivity index (χ1) is 9.19. The Kier molecular flexibility index (Phi) is 4.30. The van der Waals surface area contributed by atoms with Crippen molar-refractivity contribution in [3.05, 3.63) is 53.9 Å². The number of aliphatic hydroxyl groups excluding tert-OH is 1. The molecule has 19 heavy (non-hydrogen) atoms. The van der Waals surface area contributed by atoms with E-state index in [9.17, 15) is 4.79 Å². The van der Waals surface area contributed by atoms with E-state index in [0.29, 0.717) is 12.1 Å². The van der Waals surface area contributed by atoms with E-state index in [4.69, 9.17) is 5.11 Å². The van der Waals surface area contributed by atoms with Crippen molar-refractivity contribution in [1.29, 1.82) is 0 Å². The highest BCUT2D eigenvalue weighted by Crippen LogP contribution is 2.06. The normalized spacial score (nSPS) is 12.1. The molecule has 1 heterocycles. The van der Waals surface area contributed by atoms with Crippen molar-refractivity contribution in [2.45, 2.75) is 19.5 Å². The highest BCUT2D eigenvalue weighted by Gasteiger charge is 2.08. The fourth-order valence-electron chi connectivity index (χ4n) is 1.70. The summed E-state index contributed by atoms with van der Waals surface area (Å²) in [7, 11) is 0.